The molecule has 1 aromatic heterocycles. The zero-order valence-electron chi connectivity index (χ0n) is 12.4. The first-order chi connectivity index (χ1) is 10.4. The highest BCUT2D eigenvalue weighted by molar-refractivity contribution is 5.57. The van der Waals surface area contributed by atoms with Gasteiger partial charge in [0, 0.05) is 18.7 Å². The number of aromatic nitrogens is 2. The van der Waals surface area contributed by atoms with Crippen LogP contribution in [0.4, 0.5) is 5.82 Å². The maximum atomic E-state index is 5.85. The van der Waals surface area contributed by atoms with Crippen molar-refractivity contribution in [2.24, 2.45) is 0 Å². The van der Waals surface area contributed by atoms with Crippen LogP contribution in [-0.2, 0) is 17.6 Å². The number of anilines is 1. The van der Waals surface area contributed by atoms with Crippen molar-refractivity contribution in [2.45, 2.75) is 38.7 Å². The number of ether oxygens (including phenoxy) is 1. The zero-order valence-corrected chi connectivity index (χ0v) is 12.4. The van der Waals surface area contributed by atoms with Gasteiger partial charge in [-0.2, -0.15) is 5.10 Å². The molecule has 21 heavy (non-hydrogen) atoms. The number of benzene rings is 1. The summed E-state index contributed by atoms with van der Waals surface area (Å²) in [6, 6.07) is 8.69. The molecule has 4 heteroatoms. The van der Waals surface area contributed by atoms with Crippen LogP contribution >= 0.6 is 0 Å². The van der Waals surface area contributed by atoms with Crippen LogP contribution in [0.1, 0.15) is 42.7 Å². The van der Waals surface area contributed by atoms with Gasteiger partial charge in [-0.1, -0.05) is 19.1 Å². The molecule has 1 fully saturated rings. The SMILES string of the molecule is CCc1ccc(-n2nc(C3CCCO3)c3c2NCC3)cc1. The fourth-order valence-electron chi connectivity index (χ4n) is 3.31. The predicted octanol–water partition coefficient (Wildman–Crippen LogP) is 3.25. The molecule has 2 aliphatic rings. The second kappa shape index (κ2) is 5.19. The van der Waals surface area contributed by atoms with Crippen molar-refractivity contribution in [3.05, 3.63) is 41.1 Å². The highest BCUT2D eigenvalue weighted by atomic mass is 16.5. The molecule has 0 aliphatic carbocycles. The average Bonchev–Trinajstić information content (AvgIpc) is 3.24. The van der Waals surface area contributed by atoms with Crippen LogP contribution in [0.25, 0.3) is 5.69 Å². The van der Waals surface area contributed by atoms with Gasteiger partial charge in [0.05, 0.1) is 11.4 Å². The monoisotopic (exact) mass is 283 g/mol. The van der Waals surface area contributed by atoms with Gasteiger partial charge in [-0.05, 0) is 43.4 Å². The van der Waals surface area contributed by atoms with E-state index in [4.69, 9.17) is 9.84 Å². The topological polar surface area (TPSA) is 39.1 Å². The summed E-state index contributed by atoms with van der Waals surface area (Å²) in [5, 5.41) is 8.35. The Morgan fingerprint density at radius 1 is 1.33 bits per heavy atom. The zero-order chi connectivity index (χ0) is 14.2. The molecule has 0 spiro atoms. The number of fused-ring (bicyclic) bond motifs is 1. The first kappa shape index (κ1) is 12.9. The molecule has 0 saturated carbocycles. The lowest BCUT2D eigenvalue weighted by Gasteiger charge is -2.08. The molecule has 4 rings (SSSR count). The molecule has 1 unspecified atom stereocenters. The van der Waals surface area contributed by atoms with Gasteiger partial charge >= 0.3 is 0 Å². The van der Waals surface area contributed by atoms with Gasteiger partial charge in [-0.3, -0.25) is 0 Å². The van der Waals surface area contributed by atoms with Crippen molar-refractivity contribution in [2.75, 3.05) is 18.5 Å². The Morgan fingerprint density at radius 2 is 2.19 bits per heavy atom. The predicted molar refractivity (Wildman–Crippen MR) is 83.1 cm³/mol. The van der Waals surface area contributed by atoms with Gasteiger partial charge < -0.3 is 10.1 Å². The highest BCUT2D eigenvalue weighted by Gasteiger charge is 2.30. The molecule has 4 nitrogen and oxygen atoms in total. The van der Waals surface area contributed by atoms with E-state index in [0.717, 1.165) is 56.0 Å². The second-order valence-corrected chi connectivity index (χ2v) is 5.82. The number of hydrogen-bond donors (Lipinski definition) is 1. The van der Waals surface area contributed by atoms with E-state index in [2.05, 4.69) is 41.2 Å². The first-order valence-corrected chi connectivity index (χ1v) is 7.93. The van der Waals surface area contributed by atoms with Gasteiger partial charge in [0.15, 0.2) is 0 Å². The lowest BCUT2D eigenvalue weighted by atomic mass is 10.1. The van der Waals surface area contributed by atoms with E-state index in [1.54, 1.807) is 0 Å². The van der Waals surface area contributed by atoms with Gasteiger partial charge in [-0.15, -0.1) is 0 Å². The number of rotatable bonds is 3. The third kappa shape index (κ3) is 2.14. The minimum atomic E-state index is 0.190. The molecule has 1 aromatic carbocycles. The van der Waals surface area contributed by atoms with E-state index in [1.165, 1.54) is 11.1 Å². The molecule has 2 aliphatic heterocycles. The first-order valence-electron chi connectivity index (χ1n) is 7.93. The van der Waals surface area contributed by atoms with Crippen molar-refractivity contribution in [1.29, 1.82) is 0 Å². The van der Waals surface area contributed by atoms with Crippen molar-refractivity contribution in [3.8, 4) is 5.69 Å². The quantitative estimate of drug-likeness (QED) is 0.939. The molecule has 2 aromatic rings. The van der Waals surface area contributed by atoms with E-state index in [1.807, 2.05) is 0 Å². The summed E-state index contributed by atoms with van der Waals surface area (Å²) in [5.74, 6) is 1.16. The minimum absolute atomic E-state index is 0.190. The van der Waals surface area contributed by atoms with Crippen LogP contribution in [0.5, 0.6) is 0 Å². The van der Waals surface area contributed by atoms with Crippen LogP contribution < -0.4 is 5.32 Å². The second-order valence-electron chi connectivity index (χ2n) is 5.82. The lowest BCUT2D eigenvalue weighted by molar-refractivity contribution is 0.107. The molecule has 110 valence electrons. The summed E-state index contributed by atoms with van der Waals surface area (Å²) in [6.07, 6.45) is 4.55. The normalized spacial score (nSPS) is 20.5. The van der Waals surface area contributed by atoms with E-state index in [0.29, 0.717) is 0 Å². The van der Waals surface area contributed by atoms with E-state index < -0.39 is 0 Å². The molecule has 0 amide bonds. The highest BCUT2D eigenvalue weighted by Crippen LogP contribution is 2.36. The van der Waals surface area contributed by atoms with Gasteiger partial charge in [0.2, 0.25) is 0 Å². The maximum absolute atomic E-state index is 5.85. The van der Waals surface area contributed by atoms with Gasteiger partial charge in [0.1, 0.15) is 11.9 Å². The summed E-state index contributed by atoms with van der Waals surface area (Å²) < 4.78 is 7.90. The number of nitrogens with one attached hydrogen (secondary N) is 1. The van der Waals surface area contributed by atoms with Gasteiger partial charge in [0.25, 0.3) is 0 Å². The largest absolute Gasteiger partial charge is 0.372 e. The van der Waals surface area contributed by atoms with Crippen LogP contribution in [-0.4, -0.2) is 22.9 Å². The van der Waals surface area contributed by atoms with Crippen LogP contribution in [0.2, 0.25) is 0 Å². The summed E-state index contributed by atoms with van der Waals surface area (Å²) in [4.78, 5) is 0. The summed E-state index contributed by atoms with van der Waals surface area (Å²) in [6.45, 7) is 4.04. The van der Waals surface area contributed by atoms with E-state index in [-0.39, 0.29) is 6.10 Å². The molecule has 0 bridgehead atoms. The standard InChI is InChI=1S/C17H21N3O/c1-2-12-5-7-13(8-6-12)20-17-14(9-10-18-17)16(19-20)15-4-3-11-21-15/h5-8,15,18H,2-4,9-11H2,1H3. The van der Waals surface area contributed by atoms with Crippen molar-refractivity contribution >= 4 is 5.82 Å². The van der Waals surface area contributed by atoms with Gasteiger partial charge in [-0.25, -0.2) is 4.68 Å². The average molecular weight is 283 g/mol. The summed E-state index contributed by atoms with van der Waals surface area (Å²) in [5.41, 5.74) is 4.98. The number of hydrogen-bond acceptors (Lipinski definition) is 3. The molecule has 1 atom stereocenters. The van der Waals surface area contributed by atoms with E-state index >= 15 is 0 Å². The fourth-order valence-corrected chi connectivity index (χ4v) is 3.31. The van der Waals surface area contributed by atoms with Crippen molar-refractivity contribution in [3.63, 3.8) is 0 Å². The molecule has 1 N–H and O–H groups in total. The number of nitrogens with zero attached hydrogens (tertiary/aromatic N) is 2. The smallest absolute Gasteiger partial charge is 0.133 e. The molecular formula is C17H21N3O. The Hall–Kier alpha value is -1.81. The van der Waals surface area contributed by atoms with Crippen molar-refractivity contribution < 1.29 is 4.74 Å². The lowest BCUT2D eigenvalue weighted by Crippen LogP contribution is -2.06. The Bertz CT molecular complexity index is 639. The minimum Gasteiger partial charge on any atom is -0.372 e. The Labute approximate surface area is 125 Å². The van der Waals surface area contributed by atoms with Crippen molar-refractivity contribution in [1.82, 2.24) is 9.78 Å². The Kier molecular flexibility index (Phi) is 3.19. The Balaban J connectivity index is 1.76. The number of aryl methyl sites for hydroxylation is 1. The third-order valence-corrected chi connectivity index (χ3v) is 4.51. The summed E-state index contributed by atoms with van der Waals surface area (Å²) >= 11 is 0. The van der Waals surface area contributed by atoms with E-state index in [9.17, 15) is 0 Å². The third-order valence-electron chi connectivity index (χ3n) is 4.51. The van der Waals surface area contributed by atoms with Crippen LogP contribution in [0.3, 0.4) is 0 Å². The van der Waals surface area contributed by atoms with Crippen LogP contribution in [0, 0.1) is 0 Å². The Morgan fingerprint density at radius 3 is 2.90 bits per heavy atom. The maximum Gasteiger partial charge on any atom is 0.133 e. The molecule has 1 saturated heterocycles. The molecule has 0 radical (unpaired) electrons. The molecule has 3 heterocycles. The summed E-state index contributed by atoms with van der Waals surface area (Å²) in [7, 11) is 0. The fraction of sp³-hybridized carbons (Fsp3) is 0.471. The molecular weight excluding hydrogens is 262 g/mol. The van der Waals surface area contributed by atoms with Crippen LogP contribution in [0.15, 0.2) is 24.3 Å².